The van der Waals surface area contributed by atoms with Crippen LogP contribution in [-0.2, 0) is 6.61 Å². The Morgan fingerprint density at radius 3 is 2.50 bits per heavy atom. The molecule has 2 aromatic heterocycles. The lowest BCUT2D eigenvalue weighted by Gasteiger charge is -2.30. The molecule has 0 radical (unpaired) electrons. The van der Waals surface area contributed by atoms with Gasteiger partial charge in [0.05, 0.1) is 24.7 Å². The highest BCUT2D eigenvalue weighted by Crippen LogP contribution is 2.30. The fourth-order valence-corrected chi connectivity index (χ4v) is 4.10. The van der Waals surface area contributed by atoms with Crippen molar-refractivity contribution in [2.45, 2.75) is 26.4 Å². The highest BCUT2D eigenvalue weighted by molar-refractivity contribution is 6.35. The summed E-state index contributed by atoms with van der Waals surface area (Å²) in [6, 6.07) is 8.63. The predicted molar refractivity (Wildman–Crippen MR) is 118 cm³/mol. The smallest absolute Gasteiger partial charge is 0.225 e. The lowest BCUT2D eigenvalue weighted by molar-refractivity contribution is 0.281. The van der Waals surface area contributed by atoms with Gasteiger partial charge in [0.25, 0.3) is 0 Å². The molecule has 6 nitrogen and oxygen atoms in total. The molecule has 1 aliphatic heterocycles. The summed E-state index contributed by atoms with van der Waals surface area (Å²) in [5.74, 6) is 2.15. The van der Waals surface area contributed by atoms with Crippen LogP contribution in [0.1, 0.15) is 25.3 Å². The second kappa shape index (κ2) is 9.16. The van der Waals surface area contributed by atoms with Gasteiger partial charge in [-0.25, -0.2) is 15.0 Å². The topological polar surface area (TPSA) is 71.4 Å². The van der Waals surface area contributed by atoms with Crippen LogP contribution in [0.4, 0.5) is 5.95 Å². The Kier molecular flexibility index (Phi) is 6.37. The van der Waals surface area contributed by atoms with Crippen LogP contribution in [0.2, 0.25) is 10.0 Å². The summed E-state index contributed by atoms with van der Waals surface area (Å²) >= 11 is 12.2. The molecule has 0 amide bonds. The van der Waals surface area contributed by atoms with Crippen LogP contribution in [0.5, 0.6) is 11.6 Å². The summed E-state index contributed by atoms with van der Waals surface area (Å²) in [6.45, 7) is 4.03. The van der Waals surface area contributed by atoms with Gasteiger partial charge in [-0.15, -0.1) is 0 Å². The van der Waals surface area contributed by atoms with E-state index < -0.39 is 0 Å². The first-order valence-corrected chi connectivity index (χ1v) is 10.6. The number of piperidine rings is 1. The number of ether oxygens (including phenoxy) is 1. The first kappa shape index (κ1) is 20.8. The average molecular weight is 445 g/mol. The summed E-state index contributed by atoms with van der Waals surface area (Å²) in [6.07, 6.45) is 5.68. The maximum atomic E-state index is 9.65. The van der Waals surface area contributed by atoms with Gasteiger partial charge in [0, 0.05) is 34.8 Å². The molecule has 0 unspecified atom stereocenters. The molecular formula is C22H22Cl2N4O2. The van der Waals surface area contributed by atoms with Crippen molar-refractivity contribution in [3.05, 3.63) is 58.3 Å². The van der Waals surface area contributed by atoms with Crippen LogP contribution < -0.4 is 9.64 Å². The van der Waals surface area contributed by atoms with Crippen LogP contribution >= 0.6 is 23.2 Å². The van der Waals surface area contributed by atoms with Crippen molar-refractivity contribution in [3.8, 4) is 22.9 Å². The number of rotatable bonds is 5. The van der Waals surface area contributed by atoms with Gasteiger partial charge in [-0.2, -0.15) is 0 Å². The van der Waals surface area contributed by atoms with E-state index in [1.807, 2.05) is 0 Å². The number of aliphatic hydroxyl groups excluding tert-OH is 1. The molecule has 1 fully saturated rings. The maximum absolute atomic E-state index is 9.65. The van der Waals surface area contributed by atoms with Crippen molar-refractivity contribution in [1.82, 2.24) is 15.0 Å². The first-order chi connectivity index (χ1) is 14.5. The van der Waals surface area contributed by atoms with Crippen molar-refractivity contribution in [2.24, 2.45) is 5.92 Å². The predicted octanol–water partition coefficient (Wildman–Crippen LogP) is 5.37. The highest BCUT2D eigenvalue weighted by Gasteiger charge is 2.18. The third-order valence-corrected chi connectivity index (χ3v) is 5.42. The van der Waals surface area contributed by atoms with E-state index in [1.165, 1.54) is 6.42 Å². The SMILES string of the molecule is C[C@@H]1CCCN(c2ncc(Oc3cc(CO)cc(-c4cc(Cl)cc(Cl)c4)n3)cn2)C1. The lowest BCUT2D eigenvalue weighted by atomic mass is 10.0. The van der Waals surface area contributed by atoms with Crippen molar-refractivity contribution < 1.29 is 9.84 Å². The van der Waals surface area contributed by atoms with Gasteiger partial charge in [0.1, 0.15) is 0 Å². The molecule has 0 spiro atoms. The monoisotopic (exact) mass is 444 g/mol. The van der Waals surface area contributed by atoms with E-state index in [2.05, 4.69) is 26.8 Å². The molecular weight excluding hydrogens is 423 g/mol. The van der Waals surface area contributed by atoms with Gasteiger partial charge < -0.3 is 14.7 Å². The lowest BCUT2D eigenvalue weighted by Crippen LogP contribution is -2.35. The second-order valence-corrected chi connectivity index (χ2v) is 8.40. The zero-order chi connectivity index (χ0) is 21.1. The summed E-state index contributed by atoms with van der Waals surface area (Å²) in [5, 5.41) is 10.7. The van der Waals surface area contributed by atoms with E-state index in [1.54, 1.807) is 42.7 Å². The number of anilines is 1. The molecule has 1 saturated heterocycles. The average Bonchev–Trinajstić information content (AvgIpc) is 2.73. The number of pyridine rings is 1. The van der Waals surface area contributed by atoms with Gasteiger partial charge >= 0.3 is 0 Å². The molecule has 3 aromatic rings. The third kappa shape index (κ3) is 5.01. The Morgan fingerprint density at radius 1 is 1.10 bits per heavy atom. The summed E-state index contributed by atoms with van der Waals surface area (Å²) < 4.78 is 5.88. The molecule has 1 aromatic carbocycles. The largest absolute Gasteiger partial charge is 0.436 e. The van der Waals surface area contributed by atoms with Gasteiger partial charge in [-0.05, 0) is 48.6 Å². The van der Waals surface area contributed by atoms with Crippen molar-refractivity contribution in [1.29, 1.82) is 0 Å². The summed E-state index contributed by atoms with van der Waals surface area (Å²) in [7, 11) is 0. The maximum Gasteiger partial charge on any atom is 0.225 e. The number of aliphatic hydroxyl groups is 1. The summed E-state index contributed by atoms with van der Waals surface area (Å²) in [5.41, 5.74) is 1.99. The number of nitrogens with zero attached hydrogens (tertiary/aromatic N) is 4. The van der Waals surface area contributed by atoms with Gasteiger partial charge in [0.15, 0.2) is 5.75 Å². The standard InChI is InChI=1S/C22H22Cl2N4O2/c1-14-3-2-4-28(12-14)22-25-10-19(11-26-22)30-21-6-15(13-29)5-20(27-21)16-7-17(23)9-18(24)8-16/h5-11,14,29H,2-4,12-13H2,1H3/t14-/m1/s1. The van der Waals surface area contributed by atoms with Crippen LogP contribution in [0.3, 0.4) is 0 Å². The molecule has 1 aliphatic rings. The van der Waals surface area contributed by atoms with Crippen molar-refractivity contribution in [3.63, 3.8) is 0 Å². The third-order valence-electron chi connectivity index (χ3n) is 4.98. The Hall–Kier alpha value is -2.41. The van der Waals surface area contributed by atoms with E-state index in [4.69, 9.17) is 27.9 Å². The van der Waals surface area contributed by atoms with Crippen LogP contribution in [0.25, 0.3) is 11.3 Å². The minimum absolute atomic E-state index is 0.150. The van der Waals surface area contributed by atoms with Crippen molar-refractivity contribution in [2.75, 3.05) is 18.0 Å². The molecule has 0 saturated carbocycles. The zero-order valence-corrected chi connectivity index (χ0v) is 18.1. The Morgan fingerprint density at radius 2 is 1.83 bits per heavy atom. The minimum atomic E-state index is -0.150. The minimum Gasteiger partial charge on any atom is -0.436 e. The van der Waals surface area contributed by atoms with E-state index in [9.17, 15) is 5.11 Å². The molecule has 30 heavy (non-hydrogen) atoms. The van der Waals surface area contributed by atoms with Gasteiger partial charge in [0.2, 0.25) is 11.8 Å². The Bertz CT molecular complexity index is 1010. The van der Waals surface area contributed by atoms with Gasteiger partial charge in [-0.1, -0.05) is 30.1 Å². The molecule has 0 bridgehead atoms. The number of halogens is 2. The quantitative estimate of drug-likeness (QED) is 0.570. The number of hydrogen-bond acceptors (Lipinski definition) is 6. The molecule has 8 heteroatoms. The van der Waals surface area contributed by atoms with E-state index in [-0.39, 0.29) is 6.61 Å². The van der Waals surface area contributed by atoms with E-state index in [0.29, 0.717) is 44.8 Å². The van der Waals surface area contributed by atoms with Crippen LogP contribution in [0.15, 0.2) is 42.7 Å². The normalized spacial score (nSPS) is 16.5. The Balaban J connectivity index is 1.57. The first-order valence-electron chi connectivity index (χ1n) is 9.83. The van der Waals surface area contributed by atoms with Crippen LogP contribution in [-0.4, -0.2) is 33.1 Å². The Labute approximate surface area is 185 Å². The molecule has 0 aliphatic carbocycles. The van der Waals surface area contributed by atoms with E-state index in [0.717, 1.165) is 25.1 Å². The van der Waals surface area contributed by atoms with E-state index >= 15 is 0 Å². The molecule has 4 rings (SSSR count). The number of aromatic nitrogens is 3. The van der Waals surface area contributed by atoms with Crippen molar-refractivity contribution >= 4 is 29.2 Å². The summed E-state index contributed by atoms with van der Waals surface area (Å²) in [4.78, 5) is 15.6. The van der Waals surface area contributed by atoms with Crippen LogP contribution in [0, 0.1) is 5.92 Å². The highest BCUT2D eigenvalue weighted by atomic mass is 35.5. The van der Waals surface area contributed by atoms with Gasteiger partial charge in [-0.3, -0.25) is 0 Å². The zero-order valence-electron chi connectivity index (χ0n) is 16.6. The molecule has 156 valence electrons. The number of hydrogen-bond donors (Lipinski definition) is 1. The number of benzene rings is 1. The molecule has 1 atom stereocenters. The molecule has 3 heterocycles. The second-order valence-electron chi connectivity index (χ2n) is 7.53. The molecule has 1 N–H and O–H groups in total. The fraction of sp³-hybridized carbons (Fsp3) is 0.318. The fourth-order valence-electron chi connectivity index (χ4n) is 3.57.